The fraction of sp³-hybridized carbons (Fsp3) is 0.333. The first kappa shape index (κ1) is 40.6. The fourth-order valence-corrected chi connectivity index (χ4v) is 10.4. The molecule has 63 heavy (non-hydrogen) atoms. The van der Waals surface area contributed by atoms with Crippen molar-refractivity contribution in [3.63, 3.8) is 0 Å². The predicted octanol–water partition coefficient (Wildman–Crippen LogP) is 9.23. The number of nitrogens with one attached hydrogen (secondary N) is 3. The van der Waals surface area contributed by atoms with Crippen LogP contribution in [-0.2, 0) is 14.8 Å². The molecule has 0 spiro atoms. The van der Waals surface area contributed by atoms with Crippen LogP contribution in [0.15, 0.2) is 108 Å². The molecule has 0 bridgehead atoms. The molecule has 14 nitrogen and oxygen atoms in total. The number of nitro benzene ring substituents is 1. The molecule has 324 valence electrons. The van der Waals surface area contributed by atoms with Gasteiger partial charge in [-0.25, -0.2) is 13.1 Å². The van der Waals surface area contributed by atoms with Gasteiger partial charge in [0.15, 0.2) is 0 Å². The molecule has 0 radical (unpaired) electrons. The summed E-state index contributed by atoms with van der Waals surface area (Å²) >= 11 is 0. The minimum Gasteiger partial charge on any atom is -0.476 e. The summed E-state index contributed by atoms with van der Waals surface area (Å²) in [5.41, 5.74) is 7.47. The molecule has 1 amide bonds. The van der Waals surface area contributed by atoms with Gasteiger partial charge in [0, 0.05) is 56.2 Å². The van der Waals surface area contributed by atoms with Crippen molar-refractivity contribution in [3.8, 4) is 17.0 Å². The van der Waals surface area contributed by atoms with E-state index in [0.29, 0.717) is 74.2 Å². The van der Waals surface area contributed by atoms with Gasteiger partial charge in [-0.2, -0.15) is 4.98 Å². The van der Waals surface area contributed by atoms with Gasteiger partial charge in [-0.1, -0.05) is 42.5 Å². The molecule has 3 N–H and O–H groups in total. The summed E-state index contributed by atoms with van der Waals surface area (Å²) in [5.74, 6) is 0.444. The van der Waals surface area contributed by atoms with Gasteiger partial charge in [0.2, 0.25) is 5.88 Å². The summed E-state index contributed by atoms with van der Waals surface area (Å²) in [5, 5.41) is 16.2. The van der Waals surface area contributed by atoms with E-state index in [1.807, 2.05) is 29.2 Å². The van der Waals surface area contributed by atoms with Crippen LogP contribution in [0.5, 0.6) is 5.88 Å². The highest BCUT2D eigenvalue weighted by atomic mass is 32.2. The van der Waals surface area contributed by atoms with Crippen LogP contribution >= 0.6 is 0 Å². The zero-order chi connectivity index (χ0) is 43.1. The number of rotatable bonds is 12. The standard InChI is InChI=1S/C48H49N7O7S/c56-47(52-63(59,60)37-15-17-41(44(29-37)55(57)58)50-30-31-19-25-61-26-20-31)40-16-12-34(27-43(40)54-23-4-24-62-48-45(54)28-35-18-21-49-46(35)51-48)32-10-13-36(14-11-32)53-22-3-7-42(53)39-6-2-1-5-38(39)33-8-9-33/h1-2,5-6,10-18,21,27-29,31,33,42,50H,3-4,7-9,19-20,22-26,30H2,(H,49,51)(H,52,56). The zero-order valence-corrected chi connectivity index (χ0v) is 35.6. The third kappa shape index (κ3) is 8.30. The molecule has 1 atom stereocenters. The molecule has 15 heteroatoms. The van der Waals surface area contributed by atoms with Gasteiger partial charge in [0.1, 0.15) is 17.0 Å². The Balaban J connectivity index is 0.971. The number of nitrogens with zero attached hydrogens (tertiary/aromatic N) is 4. The monoisotopic (exact) mass is 867 g/mol. The number of fused-ring (bicyclic) bond motifs is 2. The lowest BCUT2D eigenvalue weighted by Crippen LogP contribution is -2.32. The molecule has 2 aromatic heterocycles. The molecule has 1 unspecified atom stereocenters. The maximum atomic E-state index is 14.4. The second-order valence-electron chi connectivity index (χ2n) is 16.9. The minimum atomic E-state index is -4.57. The van der Waals surface area contributed by atoms with E-state index in [0.717, 1.165) is 60.5 Å². The van der Waals surface area contributed by atoms with Gasteiger partial charge in [-0.05, 0) is 128 Å². The Morgan fingerprint density at radius 2 is 1.63 bits per heavy atom. The number of nitro groups is 1. The van der Waals surface area contributed by atoms with Crippen LogP contribution in [0.3, 0.4) is 0 Å². The number of amides is 1. The first-order chi connectivity index (χ1) is 30.7. The van der Waals surface area contributed by atoms with Crippen molar-refractivity contribution in [1.82, 2.24) is 14.7 Å². The van der Waals surface area contributed by atoms with E-state index in [-0.39, 0.29) is 17.2 Å². The van der Waals surface area contributed by atoms with Gasteiger partial charge in [-0.3, -0.25) is 14.9 Å². The molecule has 6 aromatic rings. The number of anilines is 4. The van der Waals surface area contributed by atoms with E-state index >= 15 is 0 Å². The van der Waals surface area contributed by atoms with E-state index in [1.165, 1.54) is 36.1 Å². The van der Waals surface area contributed by atoms with E-state index in [9.17, 15) is 23.3 Å². The summed E-state index contributed by atoms with van der Waals surface area (Å²) in [7, 11) is -4.57. The number of ether oxygens (including phenoxy) is 2. The number of benzene rings is 4. The first-order valence-electron chi connectivity index (χ1n) is 21.9. The van der Waals surface area contributed by atoms with Gasteiger partial charge in [0.25, 0.3) is 21.6 Å². The second-order valence-corrected chi connectivity index (χ2v) is 18.6. The molecule has 3 fully saturated rings. The van der Waals surface area contributed by atoms with Gasteiger partial charge < -0.3 is 29.6 Å². The Kier molecular flexibility index (Phi) is 11.0. The van der Waals surface area contributed by atoms with E-state index < -0.39 is 31.4 Å². The maximum absolute atomic E-state index is 14.4. The van der Waals surface area contributed by atoms with Crippen LogP contribution in [0, 0.1) is 16.0 Å². The Bertz CT molecular complexity index is 2800. The SMILES string of the molecule is O=C(NS(=O)(=O)c1ccc(NCC2CCOCC2)c([N+](=O)[O-])c1)c1ccc(-c2ccc(N3CCCC3c3ccccc3C3CC3)cc2)cc1N1CCCOc2nc3[nH]ccc3cc21. The Labute approximate surface area is 365 Å². The summed E-state index contributed by atoms with van der Waals surface area (Å²) in [4.78, 5) is 37.9. The Morgan fingerprint density at radius 1 is 0.841 bits per heavy atom. The topological polar surface area (TPSA) is 172 Å². The van der Waals surface area contributed by atoms with Crippen molar-refractivity contribution in [1.29, 1.82) is 0 Å². The van der Waals surface area contributed by atoms with Crippen LogP contribution < -0.4 is 24.6 Å². The van der Waals surface area contributed by atoms with E-state index in [2.05, 4.69) is 68.5 Å². The van der Waals surface area contributed by atoms with Crippen LogP contribution in [0.1, 0.15) is 78.4 Å². The molecule has 4 aliphatic rings. The molecule has 2 saturated heterocycles. The number of H-pyrrole nitrogens is 1. The van der Waals surface area contributed by atoms with Crippen molar-refractivity contribution in [3.05, 3.63) is 130 Å². The maximum Gasteiger partial charge on any atom is 0.293 e. The lowest BCUT2D eigenvalue weighted by molar-refractivity contribution is -0.384. The second kappa shape index (κ2) is 17.0. The number of aromatic nitrogens is 2. The number of carbonyl (C=O) groups excluding carboxylic acids is 1. The molecule has 1 saturated carbocycles. The number of hydrogen-bond acceptors (Lipinski definition) is 11. The largest absolute Gasteiger partial charge is 0.476 e. The third-order valence-corrected chi connectivity index (χ3v) is 14.2. The molecule has 10 rings (SSSR count). The number of carbonyl (C=O) groups is 1. The average Bonchev–Trinajstić information content (AvgIpc) is 3.92. The summed E-state index contributed by atoms with van der Waals surface area (Å²) in [6, 6.07) is 30.6. The minimum absolute atomic E-state index is 0.0967. The van der Waals surface area contributed by atoms with Crippen LogP contribution in [0.2, 0.25) is 0 Å². The van der Waals surface area contributed by atoms with Gasteiger partial charge in [0.05, 0.1) is 33.7 Å². The third-order valence-electron chi connectivity index (χ3n) is 12.9. The van der Waals surface area contributed by atoms with Crippen molar-refractivity contribution in [2.24, 2.45) is 5.92 Å². The first-order valence-corrected chi connectivity index (χ1v) is 23.3. The van der Waals surface area contributed by atoms with Crippen molar-refractivity contribution in [2.45, 2.75) is 61.8 Å². The predicted molar refractivity (Wildman–Crippen MR) is 243 cm³/mol. The molecule has 3 aliphatic heterocycles. The average molecular weight is 868 g/mol. The summed E-state index contributed by atoms with van der Waals surface area (Å²) in [6.45, 7) is 3.56. The highest BCUT2D eigenvalue weighted by Gasteiger charge is 2.33. The van der Waals surface area contributed by atoms with Gasteiger partial charge >= 0.3 is 0 Å². The van der Waals surface area contributed by atoms with E-state index in [1.54, 1.807) is 12.3 Å². The summed E-state index contributed by atoms with van der Waals surface area (Å²) in [6.07, 6.45) is 8.79. The van der Waals surface area contributed by atoms with Crippen molar-refractivity contribution >= 4 is 55.4 Å². The quantitative estimate of drug-likeness (QED) is 0.0791. The van der Waals surface area contributed by atoms with Crippen LogP contribution in [0.4, 0.5) is 28.4 Å². The molecular formula is C48H49N7O7S. The molecular weight excluding hydrogens is 819 g/mol. The lowest BCUT2D eigenvalue weighted by atomic mass is 9.95. The zero-order valence-electron chi connectivity index (χ0n) is 34.8. The number of sulfonamides is 1. The molecule has 4 aromatic carbocycles. The summed E-state index contributed by atoms with van der Waals surface area (Å²) < 4.78 is 41.6. The molecule has 5 heterocycles. The fourth-order valence-electron chi connectivity index (χ4n) is 9.39. The van der Waals surface area contributed by atoms with Crippen LogP contribution in [0.25, 0.3) is 22.2 Å². The Hall–Kier alpha value is -6.45. The van der Waals surface area contributed by atoms with Crippen LogP contribution in [-0.4, -0.2) is 68.7 Å². The molecule has 1 aliphatic carbocycles. The highest BCUT2D eigenvalue weighted by molar-refractivity contribution is 7.90. The van der Waals surface area contributed by atoms with Gasteiger partial charge in [-0.15, -0.1) is 0 Å². The van der Waals surface area contributed by atoms with E-state index in [4.69, 9.17) is 14.5 Å². The number of aromatic amines is 1. The highest BCUT2D eigenvalue weighted by Crippen LogP contribution is 2.47. The van der Waals surface area contributed by atoms with Crippen molar-refractivity contribution in [2.75, 3.05) is 54.6 Å². The number of hydrogen-bond donors (Lipinski definition) is 3. The smallest absolute Gasteiger partial charge is 0.293 e. The Morgan fingerprint density at radius 3 is 2.43 bits per heavy atom. The number of pyridine rings is 1. The van der Waals surface area contributed by atoms with Crippen molar-refractivity contribution < 1.29 is 27.6 Å². The normalized spacial score (nSPS) is 18.1. The lowest BCUT2D eigenvalue weighted by Gasteiger charge is -2.29.